The number of carbonyl (C=O) groups excluding carboxylic acids is 1. The zero-order valence-corrected chi connectivity index (χ0v) is 13.1. The maximum atomic E-state index is 11.5. The Morgan fingerprint density at radius 3 is 2.82 bits per heavy atom. The van der Waals surface area contributed by atoms with Gasteiger partial charge in [0, 0.05) is 22.9 Å². The largest absolute Gasteiger partial charge is 0.397 e. The summed E-state index contributed by atoms with van der Waals surface area (Å²) in [6.07, 6.45) is 0. The van der Waals surface area contributed by atoms with E-state index in [2.05, 4.69) is 16.4 Å². The van der Waals surface area contributed by atoms with Gasteiger partial charge < -0.3 is 16.8 Å². The average molecular weight is 329 g/mol. The lowest BCUT2D eigenvalue weighted by atomic mass is 10.0. The van der Waals surface area contributed by atoms with Crippen LogP contribution in [0.1, 0.15) is 15.2 Å². The summed E-state index contributed by atoms with van der Waals surface area (Å²) in [7, 11) is 1.69. The Balaban J connectivity index is 2.52. The second kappa shape index (κ2) is 5.29. The molecule has 1 amide bonds. The molecule has 3 rings (SSSR count). The molecule has 0 fully saturated rings. The third-order valence-corrected chi connectivity index (χ3v) is 5.22. The smallest absolute Gasteiger partial charge is 0.260 e. The second-order valence-electron chi connectivity index (χ2n) is 4.44. The van der Waals surface area contributed by atoms with Gasteiger partial charge in [0.05, 0.1) is 5.69 Å². The average Bonchev–Trinajstić information content (AvgIpc) is 3.13. The van der Waals surface area contributed by atoms with E-state index in [0.29, 0.717) is 27.2 Å². The maximum Gasteiger partial charge on any atom is 0.260 e. The summed E-state index contributed by atoms with van der Waals surface area (Å²) in [5.41, 5.74) is 12.8. The van der Waals surface area contributed by atoms with Crippen molar-refractivity contribution in [3.8, 4) is 16.5 Å². The van der Waals surface area contributed by atoms with Crippen LogP contribution in [0.2, 0.25) is 0 Å². The molecule has 5 N–H and O–H groups in total. The van der Waals surface area contributed by atoms with Crippen molar-refractivity contribution in [3.63, 3.8) is 0 Å². The van der Waals surface area contributed by atoms with Crippen molar-refractivity contribution < 1.29 is 4.79 Å². The van der Waals surface area contributed by atoms with Crippen molar-refractivity contribution >= 4 is 50.3 Å². The molecular weight excluding hydrogens is 318 g/mol. The molecule has 0 saturated heterocycles. The molecule has 0 aliphatic carbocycles. The van der Waals surface area contributed by atoms with Gasteiger partial charge in [-0.2, -0.15) is 5.26 Å². The topological polar surface area (TPSA) is 118 Å². The van der Waals surface area contributed by atoms with Crippen LogP contribution < -0.4 is 16.8 Å². The molecule has 0 unspecified atom stereocenters. The van der Waals surface area contributed by atoms with E-state index in [1.807, 2.05) is 17.5 Å². The third-order valence-electron chi connectivity index (χ3n) is 3.22. The molecule has 0 radical (unpaired) electrons. The van der Waals surface area contributed by atoms with E-state index in [9.17, 15) is 10.1 Å². The molecule has 0 atom stereocenters. The van der Waals surface area contributed by atoms with Gasteiger partial charge in [0.1, 0.15) is 27.2 Å². The summed E-state index contributed by atoms with van der Waals surface area (Å²) in [5.74, 6) is -0.141. The number of pyridine rings is 1. The van der Waals surface area contributed by atoms with E-state index < -0.39 is 5.91 Å². The SMILES string of the molecule is CNc1nc2sc(C(N)=O)c(N)c2c(-c2cccs2)c1C#N. The zero-order valence-electron chi connectivity index (χ0n) is 11.5. The van der Waals surface area contributed by atoms with Gasteiger partial charge in [-0.15, -0.1) is 22.7 Å². The molecule has 3 heterocycles. The zero-order chi connectivity index (χ0) is 15.9. The van der Waals surface area contributed by atoms with Gasteiger partial charge in [-0.05, 0) is 11.4 Å². The molecule has 110 valence electrons. The van der Waals surface area contributed by atoms with E-state index in [1.165, 1.54) is 11.3 Å². The third kappa shape index (κ3) is 1.99. The number of hydrogen-bond donors (Lipinski definition) is 3. The molecule has 0 aliphatic heterocycles. The van der Waals surface area contributed by atoms with Gasteiger partial charge in [0.25, 0.3) is 5.91 Å². The summed E-state index contributed by atoms with van der Waals surface area (Å²) in [5, 5.41) is 15.0. The predicted octanol–water partition coefficient (Wildman–Crippen LogP) is 2.62. The number of nitrogens with two attached hydrogens (primary N) is 2. The van der Waals surface area contributed by atoms with Gasteiger partial charge in [-0.3, -0.25) is 4.79 Å². The number of thiophene rings is 2. The summed E-state index contributed by atoms with van der Waals surface area (Å²) in [6.45, 7) is 0. The molecule has 8 heteroatoms. The number of anilines is 2. The van der Waals surface area contributed by atoms with Crippen LogP contribution in [0.15, 0.2) is 17.5 Å². The van der Waals surface area contributed by atoms with Crippen LogP contribution >= 0.6 is 22.7 Å². The number of nitrogens with zero attached hydrogens (tertiary/aromatic N) is 2. The van der Waals surface area contributed by atoms with Crippen LogP contribution in [0.5, 0.6) is 0 Å². The van der Waals surface area contributed by atoms with Crippen LogP contribution in [0.4, 0.5) is 11.5 Å². The van der Waals surface area contributed by atoms with Gasteiger partial charge in [-0.25, -0.2) is 4.98 Å². The van der Waals surface area contributed by atoms with Crippen LogP contribution in [-0.2, 0) is 0 Å². The minimum atomic E-state index is -0.595. The van der Waals surface area contributed by atoms with Crippen molar-refractivity contribution in [2.45, 2.75) is 0 Å². The van der Waals surface area contributed by atoms with Crippen molar-refractivity contribution in [3.05, 3.63) is 28.0 Å². The highest BCUT2D eigenvalue weighted by atomic mass is 32.1. The summed E-state index contributed by atoms with van der Waals surface area (Å²) < 4.78 is 0. The van der Waals surface area contributed by atoms with Crippen LogP contribution in [0.3, 0.4) is 0 Å². The predicted molar refractivity (Wildman–Crippen MR) is 90.1 cm³/mol. The normalized spacial score (nSPS) is 10.5. The Labute approximate surface area is 134 Å². The molecule has 0 aliphatic rings. The minimum absolute atomic E-state index is 0.262. The number of nitriles is 1. The van der Waals surface area contributed by atoms with Gasteiger partial charge >= 0.3 is 0 Å². The van der Waals surface area contributed by atoms with Gasteiger partial charge in [-0.1, -0.05) is 6.07 Å². The number of rotatable bonds is 3. The van der Waals surface area contributed by atoms with Gasteiger partial charge in [0.2, 0.25) is 0 Å². The number of primary amides is 1. The van der Waals surface area contributed by atoms with Crippen LogP contribution in [0, 0.1) is 11.3 Å². The number of nitrogens with one attached hydrogen (secondary N) is 1. The van der Waals surface area contributed by atoms with Crippen LogP contribution in [-0.4, -0.2) is 17.9 Å². The molecule has 3 aromatic heterocycles. The first-order chi connectivity index (χ1) is 10.6. The highest BCUT2D eigenvalue weighted by molar-refractivity contribution is 7.21. The lowest BCUT2D eigenvalue weighted by Crippen LogP contribution is -2.10. The highest BCUT2D eigenvalue weighted by Gasteiger charge is 2.24. The fraction of sp³-hybridized carbons (Fsp3) is 0.0714. The van der Waals surface area contributed by atoms with Crippen molar-refractivity contribution in [2.75, 3.05) is 18.1 Å². The number of fused-ring (bicyclic) bond motifs is 1. The molecule has 22 heavy (non-hydrogen) atoms. The Morgan fingerprint density at radius 1 is 1.50 bits per heavy atom. The van der Waals surface area contributed by atoms with E-state index in [0.717, 1.165) is 16.2 Å². The Morgan fingerprint density at radius 2 is 2.27 bits per heavy atom. The number of carbonyl (C=O) groups is 1. The molecular formula is C14H11N5OS2. The van der Waals surface area contributed by atoms with Gasteiger partial charge in [0.15, 0.2) is 0 Å². The fourth-order valence-corrected chi connectivity index (χ4v) is 4.03. The quantitative estimate of drug-likeness (QED) is 0.682. The fourth-order valence-electron chi connectivity index (χ4n) is 2.29. The number of hydrogen-bond acceptors (Lipinski definition) is 7. The Bertz CT molecular complexity index is 921. The summed E-state index contributed by atoms with van der Waals surface area (Å²) in [4.78, 5) is 17.7. The molecule has 0 spiro atoms. The van der Waals surface area contributed by atoms with E-state index in [4.69, 9.17) is 11.5 Å². The first kappa shape index (κ1) is 14.3. The first-order valence-corrected chi connectivity index (χ1v) is 7.95. The van der Waals surface area contributed by atoms with Crippen LogP contribution in [0.25, 0.3) is 20.7 Å². The highest BCUT2D eigenvalue weighted by Crippen LogP contribution is 2.44. The number of amides is 1. The first-order valence-electron chi connectivity index (χ1n) is 6.26. The summed E-state index contributed by atoms with van der Waals surface area (Å²) >= 11 is 2.63. The Hall–Kier alpha value is -2.63. The standard InChI is InChI=1S/C14H11N5OS2/c1-18-13-6(5-15)8(7-3-2-4-21-7)9-10(16)11(12(17)20)22-14(9)19-13/h2-4H,16H2,1H3,(H2,17,20)(H,18,19). The van der Waals surface area contributed by atoms with Crippen molar-refractivity contribution in [1.29, 1.82) is 5.26 Å². The van der Waals surface area contributed by atoms with Crippen molar-refractivity contribution in [1.82, 2.24) is 4.98 Å². The lowest BCUT2D eigenvalue weighted by Gasteiger charge is -2.09. The molecule has 0 saturated carbocycles. The molecule has 0 aromatic carbocycles. The van der Waals surface area contributed by atoms with E-state index >= 15 is 0 Å². The Kier molecular flexibility index (Phi) is 3.44. The number of aromatic nitrogens is 1. The van der Waals surface area contributed by atoms with E-state index in [-0.39, 0.29) is 10.6 Å². The van der Waals surface area contributed by atoms with Crippen molar-refractivity contribution in [2.24, 2.45) is 5.73 Å². The monoisotopic (exact) mass is 329 g/mol. The molecule has 6 nitrogen and oxygen atoms in total. The molecule has 0 bridgehead atoms. The lowest BCUT2D eigenvalue weighted by molar-refractivity contribution is 0.100. The minimum Gasteiger partial charge on any atom is -0.397 e. The maximum absolute atomic E-state index is 11.5. The number of nitrogen functional groups attached to an aromatic ring is 1. The van der Waals surface area contributed by atoms with E-state index in [1.54, 1.807) is 7.05 Å². The summed E-state index contributed by atoms with van der Waals surface area (Å²) in [6, 6.07) is 5.97. The molecule has 3 aromatic rings. The second-order valence-corrected chi connectivity index (χ2v) is 6.39.